The molecule has 0 bridgehead atoms. The Balaban J connectivity index is 2.47. The van der Waals surface area contributed by atoms with E-state index in [1.54, 1.807) is 0 Å². The lowest BCUT2D eigenvalue weighted by Crippen LogP contribution is -2.40. The normalized spacial score (nSPS) is 21.4. The SMILES string of the molecule is CCC=C[N+]1(CCCC)CCCC1. The third kappa shape index (κ3) is 3.15. The Hall–Kier alpha value is -0.300. The molecule has 1 heteroatoms. The summed E-state index contributed by atoms with van der Waals surface area (Å²) in [6, 6.07) is 0. The Bertz CT molecular complexity index is 155. The first kappa shape index (κ1) is 10.8. The van der Waals surface area contributed by atoms with Gasteiger partial charge < -0.3 is 0 Å². The van der Waals surface area contributed by atoms with E-state index < -0.39 is 0 Å². The molecule has 76 valence electrons. The van der Waals surface area contributed by atoms with E-state index in [9.17, 15) is 0 Å². The second-order valence-corrected chi connectivity index (χ2v) is 4.24. The summed E-state index contributed by atoms with van der Waals surface area (Å²) in [5.41, 5.74) is 0. The van der Waals surface area contributed by atoms with Crippen molar-refractivity contribution in [1.82, 2.24) is 0 Å². The van der Waals surface area contributed by atoms with Gasteiger partial charge in [0.25, 0.3) is 0 Å². The van der Waals surface area contributed by atoms with Crippen LogP contribution in [0.5, 0.6) is 0 Å². The van der Waals surface area contributed by atoms with E-state index in [-0.39, 0.29) is 0 Å². The molecule has 0 N–H and O–H groups in total. The molecule has 0 aromatic rings. The maximum Gasteiger partial charge on any atom is 0.0918 e. The molecule has 0 atom stereocenters. The van der Waals surface area contributed by atoms with Crippen molar-refractivity contribution in [3.63, 3.8) is 0 Å². The second-order valence-electron chi connectivity index (χ2n) is 4.24. The predicted octanol–water partition coefficient (Wildman–Crippen LogP) is 3.32. The number of hydrogen-bond acceptors (Lipinski definition) is 0. The van der Waals surface area contributed by atoms with E-state index >= 15 is 0 Å². The minimum absolute atomic E-state index is 1.19. The summed E-state index contributed by atoms with van der Waals surface area (Å²) >= 11 is 0. The van der Waals surface area contributed by atoms with Crippen molar-refractivity contribution < 1.29 is 4.48 Å². The van der Waals surface area contributed by atoms with Crippen molar-refractivity contribution in [3.8, 4) is 0 Å². The fourth-order valence-corrected chi connectivity index (χ4v) is 2.21. The molecule has 0 aromatic heterocycles. The Morgan fingerprint density at radius 1 is 1.15 bits per heavy atom. The van der Waals surface area contributed by atoms with Gasteiger partial charge in [0, 0.05) is 12.8 Å². The molecule has 1 aliphatic rings. The van der Waals surface area contributed by atoms with E-state index in [2.05, 4.69) is 26.1 Å². The van der Waals surface area contributed by atoms with Crippen LogP contribution in [-0.2, 0) is 0 Å². The van der Waals surface area contributed by atoms with Gasteiger partial charge >= 0.3 is 0 Å². The Morgan fingerprint density at radius 2 is 1.85 bits per heavy atom. The number of rotatable bonds is 5. The number of allylic oxidation sites excluding steroid dienone is 1. The number of unbranched alkanes of at least 4 members (excludes halogenated alkanes) is 1. The minimum Gasteiger partial charge on any atom is -0.298 e. The van der Waals surface area contributed by atoms with Crippen LogP contribution in [-0.4, -0.2) is 24.1 Å². The van der Waals surface area contributed by atoms with Crippen molar-refractivity contribution in [1.29, 1.82) is 0 Å². The highest BCUT2D eigenvalue weighted by molar-refractivity contribution is 4.75. The molecule has 0 spiro atoms. The quantitative estimate of drug-likeness (QED) is 0.572. The maximum atomic E-state index is 2.46. The first-order valence-electron chi connectivity index (χ1n) is 5.86. The molecule has 0 unspecified atom stereocenters. The van der Waals surface area contributed by atoms with Gasteiger partial charge in [0.2, 0.25) is 0 Å². The summed E-state index contributed by atoms with van der Waals surface area (Å²) in [5, 5.41) is 0. The van der Waals surface area contributed by atoms with E-state index in [0.717, 1.165) is 0 Å². The van der Waals surface area contributed by atoms with Gasteiger partial charge in [-0.3, -0.25) is 4.48 Å². The lowest BCUT2D eigenvalue weighted by molar-refractivity contribution is -0.867. The summed E-state index contributed by atoms with van der Waals surface area (Å²) < 4.78 is 1.28. The lowest BCUT2D eigenvalue weighted by Gasteiger charge is -2.29. The van der Waals surface area contributed by atoms with Crippen molar-refractivity contribution in [3.05, 3.63) is 12.3 Å². The van der Waals surface area contributed by atoms with E-state index in [4.69, 9.17) is 0 Å². The fraction of sp³-hybridized carbons (Fsp3) is 0.833. The average Bonchev–Trinajstić information content (AvgIpc) is 2.61. The van der Waals surface area contributed by atoms with Crippen LogP contribution in [0.2, 0.25) is 0 Å². The monoisotopic (exact) mass is 182 g/mol. The topological polar surface area (TPSA) is 0 Å². The molecule has 1 nitrogen and oxygen atoms in total. The highest BCUT2D eigenvalue weighted by atomic mass is 15.3. The van der Waals surface area contributed by atoms with Gasteiger partial charge in [0.05, 0.1) is 25.8 Å². The molecule has 0 aromatic carbocycles. The van der Waals surface area contributed by atoms with Crippen LogP contribution >= 0.6 is 0 Å². The molecule has 0 amide bonds. The zero-order valence-electron chi connectivity index (χ0n) is 9.26. The van der Waals surface area contributed by atoms with E-state index in [0.29, 0.717) is 0 Å². The Morgan fingerprint density at radius 3 is 2.38 bits per heavy atom. The zero-order valence-corrected chi connectivity index (χ0v) is 9.26. The summed E-state index contributed by atoms with van der Waals surface area (Å²) in [5.74, 6) is 0. The van der Waals surface area contributed by atoms with Crippen LogP contribution in [0.15, 0.2) is 12.3 Å². The molecular formula is C12H24N+. The molecule has 1 saturated heterocycles. The van der Waals surface area contributed by atoms with Crippen LogP contribution in [0.4, 0.5) is 0 Å². The lowest BCUT2D eigenvalue weighted by atomic mass is 10.3. The third-order valence-corrected chi connectivity index (χ3v) is 3.07. The number of nitrogens with zero attached hydrogens (tertiary/aromatic N) is 1. The molecular weight excluding hydrogens is 158 g/mol. The summed E-state index contributed by atoms with van der Waals surface area (Å²) in [4.78, 5) is 0. The Kier molecular flexibility index (Phi) is 4.51. The molecule has 1 rings (SSSR count). The Labute approximate surface area is 83.0 Å². The zero-order chi connectivity index (χ0) is 9.57. The van der Waals surface area contributed by atoms with Gasteiger partial charge in [0.1, 0.15) is 0 Å². The number of quaternary nitrogens is 1. The summed E-state index contributed by atoms with van der Waals surface area (Å²) in [6.07, 6.45) is 11.6. The smallest absolute Gasteiger partial charge is 0.0918 e. The minimum atomic E-state index is 1.19. The van der Waals surface area contributed by atoms with Crippen molar-refractivity contribution >= 4 is 0 Å². The van der Waals surface area contributed by atoms with Crippen LogP contribution in [0.1, 0.15) is 46.0 Å². The molecule has 1 heterocycles. The number of hydrogen-bond donors (Lipinski definition) is 0. The summed E-state index contributed by atoms with van der Waals surface area (Å²) in [6.45, 7) is 8.65. The highest BCUT2D eigenvalue weighted by Crippen LogP contribution is 2.21. The maximum absolute atomic E-state index is 2.46. The molecule has 13 heavy (non-hydrogen) atoms. The molecule has 0 aliphatic carbocycles. The van der Waals surface area contributed by atoms with Gasteiger partial charge in [-0.15, -0.1) is 0 Å². The predicted molar refractivity (Wildman–Crippen MR) is 58.4 cm³/mol. The van der Waals surface area contributed by atoms with E-state index in [1.165, 1.54) is 56.2 Å². The first-order chi connectivity index (χ1) is 6.33. The van der Waals surface area contributed by atoms with Crippen molar-refractivity contribution in [2.24, 2.45) is 0 Å². The molecule has 1 aliphatic heterocycles. The van der Waals surface area contributed by atoms with E-state index in [1.807, 2.05) is 0 Å². The fourth-order valence-electron chi connectivity index (χ4n) is 2.21. The second kappa shape index (κ2) is 5.43. The van der Waals surface area contributed by atoms with Gasteiger partial charge in [-0.2, -0.15) is 0 Å². The van der Waals surface area contributed by atoms with Crippen LogP contribution in [0.3, 0.4) is 0 Å². The van der Waals surface area contributed by atoms with Gasteiger partial charge in [-0.1, -0.05) is 20.3 Å². The summed E-state index contributed by atoms with van der Waals surface area (Å²) in [7, 11) is 0. The molecule has 1 fully saturated rings. The average molecular weight is 182 g/mol. The molecule has 0 saturated carbocycles. The van der Waals surface area contributed by atoms with Crippen LogP contribution in [0.25, 0.3) is 0 Å². The highest BCUT2D eigenvalue weighted by Gasteiger charge is 2.28. The standard InChI is InChI=1S/C12H24N/c1-3-5-9-13(10-6-4-2)11-7-8-12-13/h5,9H,3-4,6-8,10-12H2,1-2H3/q+1. The largest absolute Gasteiger partial charge is 0.298 e. The van der Waals surface area contributed by atoms with Crippen LogP contribution in [0, 0.1) is 0 Å². The van der Waals surface area contributed by atoms with Crippen LogP contribution < -0.4 is 0 Å². The number of likely N-dealkylation sites (tertiary alicyclic amines) is 1. The molecule has 0 radical (unpaired) electrons. The first-order valence-corrected chi connectivity index (χ1v) is 5.86. The van der Waals surface area contributed by atoms with Crippen molar-refractivity contribution in [2.75, 3.05) is 19.6 Å². The van der Waals surface area contributed by atoms with Crippen molar-refractivity contribution in [2.45, 2.75) is 46.0 Å². The van der Waals surface area contributed by atoms with Gasteiger partial charge in [-0.25, -0.2) is 0 Å². The third-order valence-electron chi connectivity index (χ3n) is 3.07. The van der Waals surface area contributed by atoms with Gasteiger partial charge in [0.15, 0.2) is 0 Å². The van der Waals surface area contributed by atoms with Gasteiger partial charge in [-0.05, 0) is 18.9 Å².